The summed E-state index contributed by atoms with van der Waals surface area (Å²) >= 11 is 0. The highest BCUT2D eigenvalue weighted by Crippen LogP contribution is 2.19. The summed E-state index contributed by atoms with van der Waals surface area (Å²) in [5.41, 5.74) is 3.54. The van der Waals surface area contributed by atoms with Crippen molar-refractivity contribution in [2.45, 2.75) is 0 Å². The van der Waals surface area contributed by atoms with Crippen LogP contribution in [0, 0.1) is 5.82 Å². The molecule has 0 saturated carbocycles. The SMILES string of the molecule is CN(C)c1ccc(NC(=O)c2cncc(Nc3ccc(F)cc3)c2)cc1. The number of carbonyl (C=O) groups is 1. The third-order valence-corrected chi connectivity index (χ3v) is 3.77. The molecule has 0 bridgehead atoms. The third-order valence-electron chi connectivity index (χ3n) is 3.77. The summed E-state index contributed by atoms with van der Waals surface area (Å²) < 4.78 is 13.0. The first-order valence-electron chi connectivity index (χ1n) is 8.07. The van der Waals surface area contributed by atoms with Gasteiger partial charge in [0.15, 0.2) is 0 Å². The molecule has 0 aliphatic rings. The topological polar surface area (TPSA) is 57.3 Å². The van der Waals surface area contributed by atoms with Crippen LogP contribution in [-0.2, 0) is 0 Å². The highest BCUT2D eigenvalue weighted by atomic mass is 19.1. The number of amides is 1. The van der Waals surface area contributed by atoms with Crippen molar-refractivity contribution < 1.29 is 9.18 Å². The lowest BCUT2D eigenvalue weighted by Gasteiger charge is -2.13. The highest BCUT2D eigenvalue weighted by Gasteiger charge is 2.08. The molecular weight excluding hydrogens is 331 g/mol. The fourth-order valence-electron chi connectivity index (χ4n) is 2.38. The summed E-state index contributed by atoms with van der Waals surface area (Å²) in [5.74, 6) is -0.556. The molecule has 3 rings (SSSR count). The second-order valence-corrected chi connectivity index (χ2v) is 5.99. The molecule has 1 heterocycles. The van der Waals surface area contributed by atoms with Gasteiger partial charge < -0.3 is 15.5 Å². The predicted molar refractivity (Wildman–Crippen MR) is 103 cm³/mol. The van der Waals surface area contributed by atoms with Crippen molar-refractivity contribution in [1.29, 1.82) is 0 Å². The Morgan fingerprint density at radius 1 is 0.923 bits per heavy atom. The standard InChI is InChI=1S/C20H19FN4O/c1-25(2)19-9-7-17(8-10-19)24-20(26)14-11-18(13-22-12-14)23-16-5-3-15(21)4-6-16/h3-13,23H,1-2H3,(H,24,26). The Kier molecular flexibility index (Phi) is 5.12. The Morgan fingerprint density at radius 2 is 1.58 bits per heavy atom. The first kappa shape index (κ1) is 17.4. The minimum absolute atomic E-state index is 0.252. The summed E-state index contributed by atoms with van der Waals surface area (Å²) in [5, 5.41) is 5.94. The molecule has 0 unspecified atom stereocenters. The molecule has 0 atom stereocenters. The van der Waals surface area contributed by atoms with Crippen LogP contribution in [-0.4, -0.2) is 25.0 Å². The van der Waals surface area contributed by atoms with Gasteiger partial charge in [-0.15, -0.1) is 0 Å². The summed E-state index contributed by atoms with van der Waals surface area (Å²) in [7, 11) is 3.91. The van der Waals surface area contributed by atoms with Crippen LogP contribution in [0.4, 0.5) is 27.1 Å². The molecule has 0 saturated heterocycles. The van der Waals surface area contributed by atoms with Crippen LogP contribution < -0.4 is 15.5 Å². The molecule has 2 aromatic carbocycles. The molecule has 0 aliphatic heterocycles. The van der Waals surface area contributed by atoms with Crippen LogP contribution >= 0.6 is 0 Å². The van der Waals surface area contributed by atoms with Gasteiger partial charge >= 0.3 is 0 Å². The van der Waals surface area contributed by atoms with Gasteiger partial charge in [-0.05, 0) is 54.6 Å². The minimum Gasteiger partial charge on any atom is -0.378 e. The first-order chi connectivity index (χ1) is 12.5. The second kappa shape index (κ2) is 7.65. The Labute approximate surface area is 151 Å². The molecular formula is C20H19FN4O. The van der Waals surface area contributed by atoms with Crippen molar-refractivity contribution in [2.75, 3.05) is 29.6 Å². The maximum atomic E-state index is 13.0. The lowest BCUT2D eigenvalue weighted by molar-refractivity contribution is 0.102. The lowest BCUT2D eigenvalue weighted by Crippen LogP contribution is -2.13. The predicted octanol–water partition coefficient (Wildman–Crippen LogP) is 4.28. The van der Waals surface area contributed by atoms with E-state index in [-0.39, 0.29) is 11.7 Å². The fourth-order valence-corrected chi connectivity index (χ4v) is 2.38. The van der Waals surface area contributed by atoms with Crippen LogP contribution in [0.1, 0.15) is 10.4 Å². The molecule has 0 aliphatic carbocycles. The van der Waals surface area contributed by atoms with E-state index in [0.717, 1.165) is 5.69 Å². The van der Waals surface area contributed by atoms with E-state index in [1.54, 1.807) is 24.4 Å². The number of aromatic nitrogens is 1. The average molecular weight is 350 g/mol. The second-order valence-electron chi connectivity index (χ2n) is 5.99. The van der Waals surface area contributed by atoms with Gasteiger partial charge in [0.2, 0.25) is 0 Å². The first-order valence-corrected chi connectivity index (χ1v) is 8.07. The van der Waals surface area contributed by atoms with Gasteiger partial charge in [-0.2, -0.15) is 0 Å². The van der Waals surface area contributed by atoms with Crippen LogP contribution in [0.25, 0.3) is 0 Å². The summed E-state index contributed by atoms with van der Waals surface area (Å²) in [4.78, 5) is 18.5. The number of rotatable bonds is 5. The highest BCUT2D eigenvalue weighted by molar-refractivity contribution is 6.04. The number of nitrogens with one attached hydrogen (secondary N) is 2. The summed E-state index contributed by atoms with van der Waals surface area (Å²) in [6, 6.07) is 15.2. The molecule has 0 radical (unpaired) electrons. The number of anilines is 4. The van der Waals surface area contributed by atoms with Gasteiger partial charge in [0.05, 0.1) is 17.4 Å². The van der Waals surface area contributed by atoms with Crippen molar-refractivity contribution in [3.05, 3.63) is 78.4 Å². The smallest absolute Gasteiger partial charge is 0.257 e. The molecule has 1 amide bonds. The molecule has 0 spiro atoms. The molecule has 5 nitrogen and oxygen atoms in total. The van der Waals surface area contributed by atoms with Crippen LogP contribution in [0.3, 0.4) is 0 Å². The van der Waals surface area contributed by atoms with Crippen molar-refractivity contribution >= 4 is 28.7 Å². The van der Waals surface area contributed by atoms with Gasteiger partial charge in [0, 0.05) is 37.4 Å². The van der Waals surface area contributed by atoms with Crippen molar-refractivity contribution in [1.82, 2.24) is 4.98 Å². The monoisotopic (exact) mass is 350 g/mol. The number of hydrogen-bond donors (Lipinski definition) is 2. The fraction of sp³-hybridized carbons (Fsp3) is 0.100. The summed E-state index contributed by atoms with van der Waals surface area (Å²) in [6.07, 6.45) is 3.10. The van der Waals surface area contributed by atoms with E-state index in [9.17, 15) is 9.18 Å². The summed E-state index contributed by atoms with van der Waals surface area (Å²) in [6.45, 7) is 0. The zero-order valence-corrected chi connectivity index (χ0v) is 14.5. The van der Waals surface area contributed by atoms with Gasteiger partial charge in [-0.1, -0.05) is 0 Å². The minimum atomic E-state index is -0.304. The van der Waals surface area contributed by atoms with Crippen LogP contribution in [0.15, 0.2) is 67.0 Å². The van der Waals surface area contributed by atoms with E-state index >= 15 is 0 Å². The van der Waals surface area contributed by atoms with E-state index in [1.165, 1.54) is 18.3 Å². The van der Waals surface area contributed by atoms with Gasteiger partial charge in [0.25, 0.3) is 5.91 Å². The maximum Gasteiger partial charge on any atom is 0.257 e. The maximum absolute atomic E-state index is 13.0. The zero-order chi connectivity index (χ0) is 18.5. The van der Waals surface area contributed by atoms with E-state index in [0.29, 0.717) is 22.6 Å². The Balaban J connectivity index is 1.70. The number of benzene rings is 2. The molecule has 0 fully saturated rings. The lowest BCUT2D eigenvalue weighted by atomic mass is 10.2. The normalized spacial score (nSPS) is 10.3. The van der Waals surface area contributed by atoms with Crippen molar-refractivity contribution in [3.63, 3.8) is 0 Å². The largest absolute Gasteiger partial charge is 0.378 e. The zero-order valence-electron chi connectivity index (χ0n) is 14.5. The van der Waals surface area contributed by atoms with E-state index in [2.05, 4.69) is 15.6 Å². The molecule has 132 valence electrons. The van der Waals surface area contributed by atoms with Gasteiger partial charge in [0.1, 0.15) is 5.82 Å². The molecule has 6 heteroatoms. The van der Waals surface area contributed by atoms with E-state index in [4.69, 9.17) is 0 Å². The Hall–Kier alpha value is -3.41. The van der Waals surface area contributed by atoms with Crippen molar-refractivity contribution in [3.8, 4) is 0 Å². The van der Waals surface area contributed by atoms with Crippen molar-refractivity contribution in [2.24, 2.45) is 0 Å². The quantitative estimate of drug-likeness (QED) is 0.721. The number of halogens is 1. The number of carbonyl (C=O) groups excluding carboxylic acids is 1. The number of hydrogen-bond acceptors (Lipinski definition) is 4. The van der Waals surface area contributed by atoms with Gasteiger partial charge in [-0.25, -0.2) is 4.39 Å². The van der Waals surface area contributed by atoms with Crippen LogP contribution in [0.2, 0.25) is 0 Å². The average Bonchev–Trinajstić information content (AvgIpc) is 2.64. The molecule has 2 N–H and O–H groups in total. The van der Waals surface area contributed by atoms with E-state index < -0.39 is 0 Å². The Bertz CT molecular complexity index is 892. The van der Waals surface area contributed by atoms with Crippen LogP contribution in [0.5, 0.6) is 0 Å². The number of nitrogens with zero attached hydrogens (tertiary/aromatic N) is 2. The Morgan fingerprint density at radius 3 is 2.23 bits per heavy atom. The number of pyridine rings is 1. The molecule has 1 aromatic heterocycles. The van der Waals surface area contributed by atoms with Gasteiger partial charge in [-0.3, -0.25) is 9.78 Å². The molecule has 3 aromatic rings. The third kappa shape index (κ3) is 4.36. The molecule has 26 heavy (non-hydrogen) atoms. The van der Waals surface area contributed by atoms with E-state index in [1.807, 2.05) is 43.3 Å².